The van der Waals surface area contributed by atoms with Crippen molar-refractivity contribution in [3.8, 4) is 0 Å². The minimum absolute atomic E-state index is 0.0453. The highest BCUT2D eigenvalue weighted by atomic mass is 79.9. The van der Waals surface area contributed by atoms with E-state index in [1.165, 1.54) is 19.2 Å². The zero-order chi connectivity index (χ0) is 15.7. The standard InChI is InChI=1S/C13H17BrFNO4S/c1-16(9-13(17)4-6-20-7-5-13)21(18,19)10-2-3-11(14)12(15)8-10/h2-3,8,17H,4-7,9H2,1H3. The van der Waals surface area contributed by atoms with E-state index in [1.54, 1.807) is 0 Å². The van der Waals surface area contributed by atoms with Crippen LogP contribution in [0.2, 0.25) is 0 Å². The van der Waals surface area contributed by atoms with Gasteiger partial charge in [0.15, 0.2) is 0 Å². The summed E-state index contributed by atoms with van der Waals surface area (Å²) < 4.78 is 44.8. The highest BCUT2D eigenvalue weighted by molar-refractivity contribution is 9.10. The van der Waals surface area contributed by atoms with Crippen LogP contribution in [-0.2, 0) is 14.8 Å². The summed E-state index contributed by atoms with van der Waals surface area (Å²) in [5, 5.41) is 10.4. The Morgan fingerprint density at radius 2 is 2.05 bits per heavy atom. The van der Waals surface area contributed by atoms with Crippen molar-refractivity contribution in [1.29, 1.82) is 0 Å². The van der Waals surface area contributed by atoms with Crippen molar-refractivity contribution >= 4 is 26.0 Å². The molecule has 0 spiro atoms. The molecule has 1 saturated heterocycles. The average Bonchev–Trinajstić information content (AvgIpc) is 2.42. The Labute approximate surface area is 131 Å². The summed E-state index contributed by atoms with van der Waals surface area (Å²) >= 11 is 2.98. The van der Waals surface area contributed by atoms with Gasteiger partial charge in [0.1, 0.15) is 5.82 Å². The summed E-state index contributed by atoms with van der Waals surface area (Å²) in [5.74, 6) is -0.644. The van der Waals surface area contributed by atoms with E-state index < -0.39 is 21.4 Å². The second kappa shape index (κ2) is 6.29. The maximum atomic E-state index is 13.5. The minimum Gasteiger partial charge on any atom is -0.388 e. The summed E-state index contributed by atoms with van der Waals surface area (Å²) in [6.07, 6.45) is 0.753. The third-order valence-electron chi connectivity index (χ3n) is 3.54. The summed E-state index contributed by atoms with van der Waals surface area (Å²) in [4.78, 5) is -0.138. The molecule has 1 N–H and O–H groups in total. The molecule has 0 amide bonds. The number of sulfonamides is 1. The number of nitrogens with zero attached hydrogens (tertiary/aromatic N) is 1. The summed E-state index contributed by atoms with van der Waals surface area (Å²) in [6.45, 7) is 0.755. The van der Waals surface area contributed by atoms with Crippen LogP contribution in [0.25, 0.3) is 0 Å². The molecule has 0 saturated carbocycles. The summed E-state index contributed by atoms with van der Waals surface area (Å²) in [5.41, 5.74) is -1.10. The molecule has 0 radical (unpaired) electrons. The lowest BCUT2D eigenvalue weighted by atomic mass is 9.95. The number of hydrogen-bond acceptors (Lipinski definition) is 4. The van der Waals surface area contributed by atoms with Gasteiger partial charge >= 0.3 is 0 Å². The molecule has 0 aromatic heterocycles. The van der Waals surface area contributed by atoms with E-state index in [4.69, 9.17) is 4.74 Å². The van der Waals surface area contributed by atoms with Gasteiger partial charge in [0, 0.05) is 39.6 Å². The first-order valence-electron chi connectivity index (χ1n) is 6.46. The van der Waals surface area contributed by atoms with Crippen molar-refractivity contribution < 1.29 is 22.7 Å². The lowest BCUT2D eigenvalue weighted by Crippen LogP contribution is -2.47. The molecule has 1 heterocycles. The maximum absolute atomic E-state index is 13.5. The maximum Gasteiger partial charge on any atom is 0.243 e. The fraction of sp³-hybridized carbons (Fsp3) is 0.538. The molecule has 21 heavy (non-hydrogen) atoms. The fourth-order valence-electron chi connectivity index (χ4n) is 2.23. The molecule has 1 aliphatic rings. The Bertz CT molecular complexity index is 617. The number of rotatable bonds is 4. The zero-order valence-electron chi connectivity index (χ0n) is 11.6. The van der Waals surface area contributed by atoms with Crippen LogP contribution < -0.4 is 0 Å². The van der Waals surface area contributed by atoms with Gasteiger partial charge in [-0.25, -0.2) is 12.8 Å². The van der Waals surface area contributed by atoms with Gasteiger partial charge in [-0.3, -0.25) is 0 Å². The van der Waals surface area contributed by atoms with E-state index >= 15 is 0 Å². The molecule has 1 aromatic carbocycles. The number of benzene rings is 1. The lowest BCUT2D eigenvalue weighted by molar-refractivity contribution is -0.0689. The van der Waals surface area contributed by atoms with E-state index in [1.807, 2.05) is 0 Å². The van der Waals surface area contributed by atoms with Crippen molar-refractivity contribution in [3.63, 3.8) is 0 Å². The monoisotopic (exact) mass is 381 g/mol. The van der Waals surface area contributed by atoms with E-state index in [0.717, 1.165) is 10.4 Å². The van der Waals surface area contributed by atoms with Crippen LogP contribution in [0, 0.1) is 5.82 Å². The fourth-order valence-corrected chi connectivity index (χ4v) is 3.74. The van der Waals surface area contributed by atoms with Crippen LogP contribution in [0.1, 0.15) is 12.8 Å². The number of halogens is 2. The first kappa shape index (κ1) is 16.8. The molecule has 1 fully saturated rings. The average molecular weight is 382 g/mol. The third-order valence-corrected chi connectivity index (χ3v) is 5.98. The van der Waals surface area contributed by atoms with Crippen molar-refractivity contribution in [2.24, 2.45) is 0 Å². The minimum atomic E-state index is -3.84. The van der Waals surface area contributed by atoms with Crippen LogP contribution in [0.4, 0.5) is 4.39 Å². The molecule has 5 nitrogen and oxygen atoms in total. The second-order valence-corrected chi connectivity index (χ2v) is 8.07. The molecular formula is C13H17BrFNO4S. The van der Waals surface area contributed by atoms with Crippen LogP contribution in [0.5, 0.6) is 0 Å². The zero-order valence-corrected chi connectivity index (χ0v) is 14.0. The Hall–Kier alpha value is -0.540. The van der Waals surface area contributed by atoms with Gasteiger partial charge < -0.3 is 9.84 Å². The first-order chi connectivity index (χ1) is 9.74. The molecule has 0 bridgehead atoms. The molecule has 2 rings (SSSR count). The molecule has 0 unspecified atom stereocenters. The quantitative estimate of drug-likeness (QED) is 0.862. The van der Waals surface area contributed by atoms with Gasteiger partial charge in [0.25, 0.3) is 0 Å². The molecule has 8 heteroatoms. The highest BCUT2D eigenvalue weighted by Crippen LogP contribution is 2.26. The largest absolute Gasteiger partial charge is 0.388 e. The van der Waals surface area contributed by atoms with Crippen molar-refractivity contribution in [1.82, 2.24) is 4.31 Å². The Kier molecular flexibility index (Phi) is 5.04. The topological polar surface area (TPSA) is 66.8 Å². The number of hydrogen-bond donors (Lipinski definition) is 1. The third kappa shape index (κ3) is 3.81. The molecule has 1 aromatic rings. The molecule has 1 aliphatic heterocycles. The molecular weight excluding hydrogens is 365 g/mol. The van der Waals surface area contributed by atoms with Gasteiger partial charge in [-0.1, -0.05) is 0 Å². The van der Waals surface area contributed by atoms with Crippen molar-refractivity contribution in [2.45, 2.75) is 23.3 Å². The smallest absolute Gasteiger partial charge is 0.243 e. The highest BCUT2D eigenvalue weighted by Gasteiger charge is 2.35. The van der Waals surface area contributed by atoms with E-state index in [0.29, 0.717) is 26.1 Å². The van der Waals surface area contributed by atoms with Gasteiger partial charge in [-0.15, -0.1) is 0 Å². The van der Waals surface area contributed by atoms with Crippen LogP contribution >= 0.6 is 15.9 Å². The van der Waals surface area contributed by atoms with Crippen molar-refractivity contribution in [2.75, 3.05) is 26.8 Å². The summed E-state index contributed by atoms with van der Waals surface area (Å²) in [6, 6.07) is 3.64. The SMILES string of the molecule is CN(CC1(O)CCOCC1)S(=O)(=O)c1ccc(Br)c(F)c1. The lowest BCUT2D eigenvalue weighted by Gasteiger charge is -2.35. The number of aliphatic hydroxyl groups is 1. The van der Waals surface area contributed by atoms with Crippen molar-refractivity contribution in [3.05, 3.63) is 28.5 Å². The predicted octanol–water partition coefficient (Wildman–Crippen LogP) is 1.75. The Morgan fingerprint density at radius 3 is 2.62 bits per heavy atom. The van der Waals surface area contributed by atoms with Gasteiger partial charge in [-0.05, 0) is 34.1 Å². The predicted molar refractivity (Wildman–Crippen MR) is 78.9 cm³/mol. The van der Waals surface area contributed by atoms with E-state index in [2.05, 4.69) is 15.9 Å². The number of ether oxygens (including phenoxy) is 1. The van der Waals surface area contributed by atoms with Crippen LogP contribution in [-0.4, -0.2) is 50.2 Å². The number of likely N-dealkylation sites (N-methyl/N-ethyl adjacent to an activating group) is 1. The van der Waals surface area contributed by atoms with Gasteiger partial charge in [-0.2, -0.15) is 4.31 Å². The molecule has 0 aliphatic carbocycles. The van der Waals surface area contributed by atoms with E-state index in [9.17, 15) is 17.9 Å². The normalized spacial score (nSPS) is 18.9. The Balaban J connectivity index is 2.20. The van der Waals surface area contributed by atoms with Crippen LogP contribution in [0.15, 0.2) is 27.6 Å². The van der Waals surface area contributed by atoms with E-state index in [-0.39, 0.29) is 15.9 Å². The van der Waals surface area contributed by atoms with Gasteiger partial charge in [0.05, 0.1) is 15.0 Å². The Morgan fingerprint density at radius 1 is 1.43 bits per heavy atom. The first-order valence-corrected chi connectivity index (χ1v) is 8.69. The summed E-state index contributed by atoms with van der Waals surface area (Å²) in [7, 11) is -2.47. The van der Waals surface area contributed by atoms with Gasteiger partial charge in [0.2, 0.25) is 10.0 Å². The second-order valence-electron chi connectivity index (χ2n) is 5.17. The van der Waals surface area contributed by atoms with Crippen LogP contribution in [0.3, 0.4) is 0 Å². The molecule has 118 valence electrons. The molecule has 0 atom stereocenters.